The maximum Gasteiger partial charge on any atom is 0.352 e. The van der Waals surface area contributed by atoms with Gasteiger partial charge in [-0.1, -0.05) is 11.2 Å². The van der Waals surface area contributed by atoms with Crippen molar-refractivity contribution in [2.75, 3.05) is 12.4 Å². The van der Waals surface area contributed by atoms with E-state index in [0.29, 0.717) is 11.5 Å². The van der Waals surface area contributed by atoms with Gasteiger partial charge in [-0.25, -0.2) is 4.79 Å². The zero-order chi connectivity index (χ0) is 17.3. The van der Waals surface area contributed by atoms with E-state index in [1.54, 1.807) is 25.3 Å². The molecule has 0 spiro atoms. The summed E-state index contributed by atoms with van der Waals surface area (Å²) in [5, 5.41) is 23.2. The van der Waals surface area contributed by atoms with Gasteiger partial charge in [-0.05, 0) is 48.0 Å². The largest absolute Gasteiger partial charge is 0.493 e. The number of ether oxygens (including phenoxy) is 2. The number of rotatable bonds is 5. The highest BCUT2D eigenvalue weighted by atomic mass is 16.5. The number of tetrazole rings is 1. The topological polar surface area (TPSA) is 111 Å². The molecule has 1 aromatic carbocycles. The molecule has 0 saturated carbocycles. The van der Waals surface area contributed by atoms with E-state index in [9.17, 15) is 9.90 Å². The summed E-state index contributed by atoms with van der Waals surface area (Å²) in [6, 6.07) is 4.94. The molecule has 1 aliphatic rings. The van der Waals surface area contributed by atoms with Crippen LogP contribution in [0.2, 0.25) is 0 Å². The highest BCUT2D eigenvalue weighted by molar-refractivity contribution is 5.90. The number of fused-ring (bicyclic) bond motifs is 1. The summed E-state index contributed by atoms with van der Waals surface area (Å²) in [6.07, 6.45) is 1.55. The molecule has 1 aliphatic heterocycles. The van der Waals surface area contributed by atoms with Crippen LogP contribution in [-0.2, 0) is 4.79 Å². The van der Waals surface area contributed by atoms with Gasteiger partial charge in [0.15, 0.2) is 11.5 Å². The number of hydrogen-bond donors (Lipinski definition) is 2. The quantitative estimate of drug-likeness (QED) is 0.847. The van der Waals surface area contributed by atoms with Crippen LogP contribution in [0.5, 0.6) is 11.5 Å². The van der Waals surface area contributed by atoms with Crippen molar-refractivity contribution in [1.29, 1.82) is 0 Å². The molecular formula is C15H17N5O4. The maximum atomic E-state index is 11.3. The number of aliphatic carboxylic acids is 1. The standard InChI is InChI=1S/C15H17N5O4/c1-8(2)24-12-5-4-9(6-13(12)23-3)11-7-10(14(21)22)16-15-17-18-19-20(11)15/h4-8,11H,1-3H3,(H,21,22)(H,16,17,19)/t11-/m1/s1. The van der Waals surface area contributed by atoms with Gasteiger partial charge in [-0.15, -0.1) is 0 Å². The summed E-state index contributed by atoms with van der Waals surface area (Å²) >= 11 is 0. The average molecular weight is 331 g/mol. The Morgan fingerprint density at radius 3 is 2.83 bits per heavy atom. The van der Waals surface area contributed by atoms with Crippen molar-refractivity contribution in [2.45, 2.75) is 26.0 Å². The van der Waals surface area contributed by atoms with Crippen LogP contribution in [0, 0.1) is 0 Å². The van der Waals surface area contributed by atoms with Crippen molar-refractivity contribution >= 4 is 11.9 Å². The van der Waals surface area contributed by atoms with Crippen molar-refractivity contribution in [3.8, 4) is 11.5 Å². The van der Waals surface area contributed by atoms with E-state index in [1.807, 2.05) is 19.9 Å². The lowest BCUT2D eigenvalue weighted by atomic mass is 10.0. The molecule has 0 radical (unpaired) electrons. The van der Waals surface area contributed by atoms with Crippen LogP contribution in [-0.4, -0.2) is 44.5 Å². The van der Waals surface area contributed by atoms with Gasteiger partial charge < -0.3 is 19.9 Å². The van der Waals surface area contributed by atoms with E-state index in [1.165, 1.54) is 4.68 Å². The SMILES string of the molecule is COc1cc([C@H]2C=C(C(=O)O)Nc3nnnn32)ccc1OC(C)C. The van der Waals surface area contributed by atoms with Crippen LogP contribution in [0.1, 0.15) is 25.5 Å². The van der Waals surface area contributed by atoms with Gasteiger partial charge in [0.1, 0.15) is 11.7 Å². The summed E-state index contributed by atoms with van der Waals surface area (Å²) in [5.41, 5.74) is 0.792. The van der Waals surface area contributed by atoms with E-state index in [0.717, 1.165) is 5.56 Å². The van der Waals surface area contributed by atoms with Gasteiger partial charge >= 0.3 is 5.97 Å². The highest BCUT2D eigenvalue weighted by Gasteiger charge is 2.27. The summed E-state index contributed by atoms with van der Waals surface area (Å²) in [7, 11) is 1.55. The highest BCUT2D eigenvalue weighted by Crippen LogP contribution is 2.34. The molecule has 2 heterocycles. The van der Waals surface area contributed by atoms with Crippen LogP contribution in [0.3, 0.4) is 0 Å². The third kappa shape index (κ3) is 2.87. The fourth-order valence-corrected chi connectivity index (χ4v) is 2.44. The Bertz CT molecular complexity index is 799. The van der Waals surface area contributed by atoms with Crippen molar-refractivity contribution in [3.05, 3.63) is 35.5 Å². The second-order valence-corrected chi connectivity index (χ2v) is 5.48. The fourth-order valence-electron chi connectivity index (χ4n) is 2.44. The van der Waals surface area contributed by atoms with Crippen LogP contribution in [0.15, 0.2) is 30.0 Å². The van der Waals surface area contributed by atoms with Crippen molar-refractivity contribution in [3.63, 3.8) is 0 Å². The number of nitrogens with zero attached hydrogens (tertiary/aromatic N) is 4. The lowest BCUT2D eigenvalue weighted by Crippen LogP contribution is -2.24. The predicted octanol–water partition coefficient (Wildman–Crippen LogP) is 1.45. The molecule has 0 unspecified atom stereocenters. The molecule has 1 atom stereocenters. The molecule has 0 saturated heterocycles. The van der Waals surface area contributed by atoms with E-state index in [-0.39, 0.29) is 17.7 Å². The van der Waals surface area contributed by atoms with Gasteiger partial charge in [0.25, 0.3) is 0 Å². The molecule has 2 aromatic rings. The molecule has 0 fully saturated rings. The molecule has 9 heteroatoms. The number of carboxylic acid groups (broad SMARTS) is 1. The van der Waals surface area contributed by atoms with Crippen molar-refractivity contribution in [2.24, 2.45) is 0 Å². The number of aromatic nitrogens is 4. The monoisotopic (exact) mass is 331 g/mol. The summed E-state index contributed by atoms with van der Waals surface area (Å²) < 4.78 is 12.6. The number of benzene rings is 1. The van der Waals surface area contributed by atoms with E-state index in [4.69, 9.17) is 9.47 Å². The first-order chi connectivity index (χ1) is 11.5. The minimum absolute atomic E-state index is 0.00765. The molecule has 2 N–H and O–H groups in total. The number of carbonyl (C=O) groups is 1. The molecule has 126 valence electrons. The number of nitrogens with one attached hydrogen (secondary N) is 1. The Balaban J connectivity index is 2.03. The third-order valence-electron chi connectivity index (χ3n) is 3.45. The van der Waals surface area contributed by atoms with Gasteiger partial charge in [0, 0.05) is 0 Å². The molecule has 0 bridgehead atoms. The van der Waals surface area contributed by atoms with Gasteiger partial charge in [-0.2, -0.15) is 4.68 Å². The second kappa shape index (κ2) is 6.19. The Morgan fingerprint density at radius 2 is 2.17 bits per heavy atom. The normalized spacial score (nSPS) is 16.2. The Morgan fingerprint density at radius 1 is 1.38 bits per heavy atom. The first-order valence-corrected chi connectivity index (χ1v) is 7.34. The maximum absolute atomic E-state index is 11.3. The summed E-state index contributed by atoms with van der Waals surface area (Å²) in [4.78, 5) is 11.3. The molecule has 3 rings (SSSR count). The summed E-state index contributed by atoms with van der Waals surface area (Å²) in [5.74, 6) is 0.353. The molecular weight excluding hydrogens is 314 g/mol. The van der Waals surface area contributed by atoms with Crippen LogP contribution >= 0.6 is 0 Å². The van der Waals surface area contributed by atoms with E-state index < -0.39 is 12.0 Å². The minimum Gasteiger partial charge on any atom is -0.493 e. The minimum atomic E-state index is -1.08. The molecule has 0 aliphatic carbocycles. The molecule has 24 heavy (non-hydrogen) atoms. The molecule has 9 nitrogen and oxygen atoms in total. The van der Waals surface area contributed by atoms with E-state index >= 15 is 0 Å². The Labute approximate surface area is 137 Å². The zero-order valence-electron chi connectivity index (χ0n) is 13.4. The second-order valence-electron chi connectivity index (χ2n) is 5.48. The number of carboxylic acids is 1. The number of methoxy groups -OCH3 is 1. The van der Waals surface area contributed by atoms with Crippen molar-refractivity contribution in [1.82, 2.24) is 20.2 Å². The zero-order valence-corrected chi connectivity index (χ0v) is 13.4. The van der Waals surface area contributed by atoms with Crippen LogP contribution in [0.4, 0.5) is 5.95 Å². The van der Waals surface area contributed by atoms with Gasteiger partial charge in [-0.3, -0.25) is 0 Å². The Hall–Kier alpha value is -3.10. The fraction of sp³-hybridized carbons (Fsp3) is 0.333. The number of hydrogen-bond acceptors (Lipinski definition) is 7. The summed E-state index contributed by atoms with van der Waals surface area (Å²) in [6.45, 7) is 3.85. The van der Waals surface area contributed by atoms with E-state index in [2.05, 4.69) is 20.8 Å². The lowest BCUT2D eigenvalue weighted by Gasteiger charge is -2.22. The predicted molar refractivity (Wildman–Crippen MR) is 84.1 cm³/mol. The van der Waals surface area contributed by atoms with Crippen LogP contribution in [0.25, 0.3) is 0 Å². The third-order valence-corrected chi connectivity index (χ3v) is 3.45. The van der Waals surface area contributed by atoms with Gasteiger partial charge in [0.2, 0.25) is 5.95 Å². The number of allylic oxidation sites excluding steroid dienone is 1. The number of anilines is 1. The molecule has 0 amide bonds. The smallest absolute Gasteiger partial charge is 0.352 e. The van der Waals surface area contributed by atoms with Crippen molar-refractivity contribution < 1.29 is 19.4 Å². The Kier molecular flexibility index (Phi) is 4.07. The first-order valence-electron chi connectivity index (χ1n) is 7.34. The van der Waals surface area contributed by atoms with Gasteiger partial charge in [0.05, 0.1) is 13.2 Å². The molecule has 1 aromatic heterocycles. The van der Waals surface area contributed by atoms with Crippen LogP contribution < -0.4 is 14.8 Å². The average Bonchev–Trinajstić information content (AvgIpc) is 3.02. The lowest BCUT2D eigenvalue weighted by molar-refractivity contribution is -0.132. The first kappa shape index (κ1) is 15.8.